The first-order valence-electron chi connectivity index (χ1n) is 8.26. The van der Waals surface area contributed by atoms with Crippen molar-refractivity contribution in [2.24, 2.45) is 0 Å². The molecule has 2 aromatic rings. The molecule has 0 spiro atoms. The maximum absolute atomic E-state index is 12.4. The Morgan fingerprint density at radius 3 is 2.77 bits per heavy atom. The van der Waals surface area contributed by atoms with Gasteiger partial charge in [-0.3, -0.25) is 9.78 Å². The fourth-order valence-electron chi connectivity index (χ4n) is 3.26. The van der Waals surface area contributed by atoms with E-state index in [0.29, 0.717) is 6.54 Å². The Morgan fingerprint density at radius 1 is 1.23 bits per heavy atom. The number of fused-ring (bicyclic) bond motifs is 2. The smallest absolute Gasteiger partial charge is 0.279 e. The number of aromatic nitrogens is 1. The molecule has 1 aromatic heterocycles. The van der Waals surface area contributed by atoms with Crippen LogP contribution >= 0.6 is 0 Å². The molecule has 116 valence electrons. The number of likely N-dealkylation sites (N-methyl/N-ethyl adjacent to an activating group) is 1. The van der Waals surface area contributed by atoms with Gasteiger partial charge in [0.15, 0.2) is 6.54 Å². The largest absolute Gasteiger partial charge is 0.328 e. The molecule has 1 aromatic carbocycles. The van der Waals surface area contributed by atoms with Gasteiger partial charge in [-0.05, 0) is 44.7 Å². The molecule has 2 N–H and O–H groups in total. The molecular formula is C18H24N3O+. The highest BCUT2D eigenvalue weighted by molar-refractivity contribution is 6.03. The highest BCUT2D eigenvalue weighted by atomic mass is 16.2. The Balaban J connectivity index is 1.94. The molecule has 1 aliphatic carbocycles. The van der Waals surface area contributed by atoms with E-state index in [4.69, 9.17) is 4.98 Å². The molecule has 22 heavy (non-hydrogen) atoms. The van der Waals surface area contributed by atoms with Gasteiger partial charge in [-0.2, -0.15) is 0 Å². The second-order valence-electron chi connectivity index (χ2n) is 5.96. The number of anilines is 1. The SMILES string of the molecule is CC[NH+](CC)CC(=O)Nc1c2c(nc3ccccc13)CCC2. The van der Waals surface area contributed by atoms with Crippen molar-refractivity contribution in [2.75, 3.05) is 25.0 Å². The maximum atomic E-state index is 12.4. The lowest BCUT2D eigenvalue weighted by Gasteiger charge is -2.17. The number of aryl methyl sites for hydroxylation is 1. The summed E-state index contributed by atoms with van der Waals surface area (Å²) in [5.74, 6) is 0.101. The molecule has 4 heteroatoms. The van der Waals surface area contributed by atoms with Crippen molar-refractivity contribution in [1.82, 2.24) is 4.98 Å². The predicted octanol–water partition coefficient (Wildman–Crippen LogP) is 1.59. The van der Waals surface area contributed by atoms with E-state index in [1.165, 1.54) is 10.5 Å². The van der Waals surface area contributed by atoms with Gasteiger partial charge in [-0.25, -0.2) is 0 Å². The van der Waals surface area contributed by atoms with Crippen LogP contribution in [0.2, 0.25) is 0 Å². The van der Waals surface area contributed by atoms with Crippen LogP contribution in [0.25, 0.3) is 10.9 Å². The molecule has 3 rings (SSSR count). The van der Waals surface area contributed by atoms with Crippen LogP contribution in [0.1, 0.15) is 31.5 Å². The van der Waals surface area contributed by atoms with Gasteiger partial charge >= 0.3 is 0 Å². The highest BCUT2D eigenvalue weighted by Crippen LogP contribution is 2.33. The minimum Gasteiger partial charge on any atom is -0.328 e. The van der Waals surface area contributed by atoms with Crippen molar-refractivity contribution < 1.29 is 9.69 Å². The number of carbonyl (C=O) groups excluding carboxylic acids is 1. The third-order valence-corrected chi connectivity index (χ3v) is 4.59. The summed E-state index contributed by atoms with van der Waals surface area (Å²) in [7, 11) is 0. The van der Waals surface area contributed by atoms with Crippen molar-refractivity contribution in [1.29, 1.82) is 0 Å². The van der Waals surface area contributed by atoms with Crippen molar-refractivity contribution in [2.45, 2.75) is 33.1 Å². The summed E-state index contributed by atoms with van der Waals surface area (Å²) in [6.45, 7) is 6.70. The number of hydrogen-bond acceptors (Lipinski definition) is 2. The summed E-state index contributed by atoms with van der Waals surface area (Å²) in [5.41, 5.74) is 4.37. The molecule has 1 heterocycles. The number of quaternary nitrogens is 1. The van der Waals surface area contributed by atoms with Crippen LogP contribution in [0.15, 0.2) is 24.3 Å². The monoisotopic (exact) mass is 298 g/mol. The first-order chi connectivity index (χ1) is 10.7. The average molecular weight is 298 g/mol. The summed E-state index contributed by atoms with van der Waals surface area (Å²) in [6, 6.07) is 8.10. The minimum atomic E-state index is 0.101. The number of carbonyl (C=O) groups is 1. The lowest BCUT2D eigenvalue weighted by Crippen LogP contribution is -3.12. The zero-order valence-corrected chi connectivity index (χ0v) is 13.4. The Labute approximate surface area is 131 Å². The third kappa shape index (κ3) is 2.83. The van der Waals surface area contributed by atoms with E-state index in [1.54, 1.807) is 0 Å². The number of rotatable bonds is 5. The average Bonchev–Trinajstić information content (AvgIpc) is 3.00. The van der Waals surface area contributed by atoms with Gasteiger partial charge in [0, 0.05) is 11.1 Å². The fourth-order valence-corrected chi connectivity index (χ4v) is 3.26. The topological polar surface area (TPSA) is 46.4 Å². The van der Waals surface area contributed by atoms with Crippen molar-refractivity contribution >= 4 is 22.5 Å². The Hall–Kier alpha value is -1.94. The van der Waals surface area contributed by atoms with Gasteiger partial charge in [0.25, 0.3) is 5.91 Å². The molecule has 1 aliphatic rings. The number of nitrogens with one attached hydrogen (secondary N) is 2. The second-order valence-corrected chi connectivity index (χ2v) is 5.96. The normalized spacial score (nSPS) is 13.6. The van der Waals surface area contributed by atoms with Crippen LogP contribution in [-0.4, -0.2) is 30.5 Å². The standard InChI is InChI=1S/C18H23N3O/c1-3-21(4-2)12-17(22)20-18-13-8-5-6-10-15(13)19-16-11-7-9-14(16)18/h5-6,8,10H,3-4,7,9,11-12H2,1-2H3,(H,19,20,22)/p+1. The van der Waals surface area contributed by atoms with Crippen LogP contribution in [-0.2, 0) is 17.6 Å². The van der Waals surface area contributed by atoms with Crippen molar-refractivity contribution in [3.8, 4) is 0 Å². The predicted molar refractivity (Wildman–Crippen MR) is 89.3 cm³/mol. The second kappa shape index (κ2) is 6.44. The zero-order chi connectivity index (χ0) is 15.5. The molecule has 1 amide bonds. The van der Waals surface area contributed by atoms with Crippen LogP contribution in [0, 0.1) is 0 Å². The van der Waals surface area contributed by atoms with Crippen molar-refractivity contribution in [3.63, 3.8) is 0 Å². The first-order valence-corrected chi connectivity index (χ1v) is 8.26. The Kier molecular flexibility index (Phi) is 4.39. The molecule has 0 fully saturated rings. The van der Waals surface area contributed by atoms with Crippen LogP contribution in [0.5, 0.6) is 0 Å². The number of hydrogen-bond donors (Lipinski definition) is 2. The zero-order valence-electron chi connectivity index (χ0n) is 13.4. The first kappa shape index (κ1) is 15.0. The molecule has 0 saturated carbocycles. The molecule has 0 bridgehead atoms. The summed E-state index contributed by atoms with van der Waals surface area (Å²) in [6.07, 6.45) is 3.16. The van der Waals surface area contributed by atoms with E-state index < -0.39 is 0 Å². The van der Waals surface area contributed by atoms with E-state index in [1.807, 2.05) is 18.2 Å². The number of pyridine rings is 1. The number of amides is 1. The van der Waals surface area contributed by atoms with E-state index in [9.17, 15) is 4.79 Å². The van der Waals surface area contributed by atoms with Gasteiger partial charge in [0.05, 0.1) is 24.3 Å². The van der Waals surface area contributed by atoms with Gasteiger partial charge in [0.1, 0.15) is 0 Å². The van der Waals surface area contributed by atoms with Crippen LogP contribution < -0.4 is 10.2 Å². The van der Waals surface area contributed by atoms with Crippen molar-refractivity contribution in [3.05, 3.63) is 35.5 Å². The number of para-hydroxylation sites is 1. The quantitative estimate of drug-likeness (QED) is 0.880. The molecule has 0 atom stereocenters. The molecule has 0 saturated heterocycles. The van der Waals surface area contributed by atoms with Gasteiger partial charge in [-0.15, -0.1) is 0 Å². The van der Waals surface area contributed by atoms with Gasteiger partial charge in [-0.1, -0.05) is 18.2 Å². The van der Waals surface area contributed by atoms with E-state index in [-0.39, 0.29) is 5.91 Å². The van der Waals surface area contributed by atoms with Gasteiger partial charge in [0.2, 0.25) is 0 Å². The molecule has 0 radical (unpaired) electrons. The molecule has 0 aliphatic heterocycles. The number of benzene rings is 1. The lowest BCUT2D eigenvalue weighted by molar-refractivity contribution is -0.888. The summed E-state index contributed by atoms with van der Waals surface area (Å²) in [5, 5.41) is 4.25. The maximum Gasteiger partial charge on any atom is 0.279 e. The number of nitrogens with zero attached hydrogens (tertiary/aromatic N) is 1. The van der Waals surface area contributed by atoms with E-state index >= 15 is 0 Å². The molecule has 0 unspecified atom stereocenters. The van der Waals surface area contributed by atoms with E-state index in [0.717, 1.165) is 54.6 Å². The third-order valence-electron chi connectivity index (χ3n) is 4.59. The van der Waals surface area contributed by atoms with Crippen LogP contribution in [0.3, 0.4) is 0 Å². The van der Waals surface area contributed by atoms with Crippen LogP contribution in [0.4, 0.5) is 5.69 Å². The summed E-state index contributed by atoms with van der Waals surface area (Å²) >= 11 is 0. The van der Waals surface area contributed by atoms with E-state index in [2.05, 4.69) is 25.2 Å². The lowest BCUT2D eigenvalue weighted by atomic mass is 10.1. The van der Waals surface area contributed by atoms with Gasteiger partial charge < -0.3 is 10.2 Å². The molecular weight excluding hydrogens is 274 g/mol. The Morgan fingerprint density at radius 2 is 2.00 bits per heavy atom. The summed E-state index contributed by atoms with van der Waals surface area (Å²) in [4.78, 5) is 18.5. The summed E-state index contributed by atoms with van der Waals surface area (Å²) < 4.78 is 0. The Bertz CT molecular complexity index is 692. The fraction of sp³-hybridized carbons (Fsp3) is 0.444. The molecule has 4 nitrogen and oxygen atoms in total. The highest BCUT2D eigenvalue weighted by Gasteiger charge is 2.21. The minimum absolute atomic E-state index is 0.101.